The molecule has 19 heteroatoms. The molecule has 12 atom stereocenters. The van der Waals surface area contributed by atoms with Gasteiger partial charge in [0.05, 0.1) is 28.7 Å². The van der Waals surface area contributed by atoms with Crippen molar-refractivity contribution in [2.75, 3.05) is 13.2 Å². The number of carbonyl (C=O) groups excluding carboxylic acids is 8. The minimum absolute atomic E-state index is 0.0225. The van der Waals surface area contributed by atoms with Gasteiger partial charge in [-0.1, -0.05) is 25.1 Å². The molecule has 1 saturated heterocycles. The highest BCUT2D eigenvalue weighted by Crippen LogP contribution is 2.70. The Bertz CT molecular complexity index is 2140. The van der Waals surface area contributed by atoms with Crippen LogP contribution in [0.15, 0.2) is 48.7 Å². The number of fused-ring (bicyclic) bond motifs is 5. The summed E-state index contributed by atoms with van der Waals surface area (Å²) in [5.74, 6) is -10.7. The third-order valence-corrected chi connectivity index (χ3v) is 12.1. The molecular formula is C43H49NO18. The van der Waals surface area contributed by atoms with Gasteiger partial charge in [0.1, 0.15) is 42.0 Å². The smallest absolute Gasteiger partial charge is 0.340 e. The summed E-state index contributed by atoms with van der Waals surface area (Å²) in [7, 11) is 0. The zero-order chi connectivity index (χ0) is 45.5. The Morgan fingerprint density at radius 3 is 1.97 bits per heavy atom. The monoisotopic (exact) mass is 867 g/mol. The quantitative estimate of drug-likeness (QED) is 0.295. The lowest BCUT2D eigenvalue weighted by Gasteiger charge is -2.67. The van der Waals surface area contributed by atoms with Crippen LogP contribution in [-0.2, 0) is 77.8 Å². The second kappa shape index (κ2) is 17.1. The van der Waals surface area contributed by atoms with Gasteiger partial charge in [-0.3, -0.25) is 33.8 Å². The van der Waals surface area contributed by atoms with Gasteiger partial charge in [-0.2, -0.15) is 0 Å². The number of cyclic esters (lactones) is 1. The number of aromatic nitrogens is 1. The first-order valence-corrected chi connectivity index (χ1v) is 19.9. The number of hydrogen-bond acceptors (Lipinski definition) is 19. The number of carbonyl (C=O) groups is 8. The lowest BCUT2D eigenvalue weighted by molar-refractivity contribution is -0.386. The summed E-state index contributed by atoms with van der Waals surface area (Å²) in [6, 6.07) is 10.4. The fourth-order valence-electron chi connectivity index (χ4n) is 9.73. The number of rotatable bonds is 8. The van der Waals surface area contributed by atoms with E-state index in [9.17, 15) is 43.5 Å². The number of esters is 8. The van der Waals surface area contributed by atoms with Gasteiger partial charge in [0.2, 0.25) is 0 Å². The topological polar surface area (TPSA) is 253 Å². The Morgan fingerprint density at radius 2 is 1.37 bits per heavy atom. The van der Waals surface area contributed by atoms with Gasteiger partial charge in [0.15, 0.2) is 30.0 Å². The lowest BCUT2D eigenvalue weighted by atomic mass is 9.45. The van der Waals surface area contributed by atoms with Crippen molar-refractivity contribution in [2.45, 2.75) is 122 Å². The van der Waals surface area contributed by atoms with Crippen LogP contribution in [0.2, 0.25) is 0 Å². The standard InChI is InChI=1S/C43H49NO18/c1-21-16-17-29-28(15-12-18-44-29)39(52)55-19-40(7)30-31(56-23(3)46)35(58-25(5)48)42(20-54-22(2)45)36(59-26(6)49)32(60-38(51)27-13-10-9-11-14-27)34(61-37(21)50)41(8,53)43(42,62-40)33(30)57-24(4)47/h9-15,18,21,30-36,53H,16-17,19-20H2,1-8H3/t21-,30+,31+,32-,33-,34-,35-,36-,40+,41-,42-,43-/m0/s1. The first-order chi connectivity index (χ1) is 29.1. The van der Waals surface area contributed by atoms with Crippen LogP contribution in [0.1, 0.15) is 88.2 Å². The zero-order valence-corrected chi connectivity index (χ0v) is 35.4. The number of hydrogen-bond donors (Lipinski definition) is 1. The van der Waals surface area contributed by atoms with Gasteiger partial charge >= 0.3 is 47.8 Å². The summed E-state index contributed by atoms with van der Waals surface area (Å²) in [4.78, 5) is 113. The summed E-state index contributed by atoms with van der Waals surface area (Å²) < 4.78 is 55.3. The van der Waals surface area contributed by atoms with Crippen LogP contribution in [-0.4, -0.2) is 124 Å². The normalized spacial score (nSPS) is 35.0. The molecule has 3 heterocycles. The van der Waals surface area contributed by atoms with Crippen molar-refractivity contribution in [1.82, 2.24) is 4.98 Å². The molecule has 2 aliphatic heterocycles. The molecule has 1 aromatic carbocycles. The molecule has 6 rings (SSSR count). The second-order valence-electron chi connectivity index (χ2n) is 16.4. The molecule has 1 aromatic heterocycles. The molecule has 2 aromatic rings. The van der Waals surface area contributed by atoms with Crippen LogP contribution < -0.4 is 0 Å². The van der Waals surface area contributed by atoms with Crippen molar-refractivity contribution in [3.63, 3.8) is 0 Å². The summed E-state index contributed by atoms with van der Waals surface area (Å²) in [6.45, 7) is 7.16. The molecule has 0 amide bonds. The maximum Gasteiger partial charge on any atom is 0.340 e. The van der Waals surface area contributed by atoms with Crippen molar-refractivity contribution in [3.8, 4) is 0 Å². The van der Waals surface area contributed by atoms with E-state index in [2.05, 4.69) is 4.98 Å². The molecule has 4 aliphatic rings. The Balaban J connectivity index is 1.77. The van der Waals surface area contributed by atoms with Gasteiger partial charge in [-0.15, -0.1) is 0 Å². The molecular weight excluding hydrogens is 818 g/mol. The molecule has 4 bridgehead atoms. The van der Waals surface area contributed by atoms with Crippen molar-refractivity contribution in [2.24, 2.45) is 17.3 Å². The molecule has 2 saturated carbocycles. The number of pyridine rings is 1. The van der Waals surface area contributed by atoms with E-state index in [1.165, 1.54) is 56.4 Å². The molecule has 2 aliphatic carbocycles. The molecule has 0 radical (unpaired) electrons. The zero-order valence-electron chi connectivity index (χ0n) is 35.4. The van der Waals surface area contributed by atoms with E-state index in [-0.39, 0.29) is 29.7 Å². The largest absolute Gasteiger partial charge is 0.465 e. The molecule has 1 spiro atoms. The third kappa shape index (κ3) is 7.76. The Morgan fingerprint density at radius 1 is 0.774 bits per heavy atom. The number of nitrogens with zero attached hydrogens (tertiary/aromatic N) is 1. The van der Waals surface area contributed by atoms with Gasteiger partial charge in [-0.25, -0.2) is 9.59 Å². The van der Waals surface area contributed by atoms with E-state index in [0.717, 1.165) is 41.5 Å². The molecule has 0 unspecified atom stereocenters. The third-order valence-electron chi connectivity index (χ3n) is 12.1. The Kier molecular flexibility index (Phi) is 12.6. The van der Waals surface area contributed by atoms with Gasteiger partial charge in [0, 0.05) is 40.8 Å². The number of aryl methyl sites for hydroxylation is 1. The van der Waals surface area contributed by atoms with Gasteiger partial charge in [-0.05, 0) is 51.0 Å². The summed E-state index contributed by atoms with van der Waals surface area (Å²) in [5, 5.41) is 13.6. The number of ether oxygens (including phenoxy) is 9. The predicted molar refractivity (Wildman–Crippen MR) is 205 cm³/mol. The fraction of sp³-hybridized carbons (Fsp3) is 0.558. The average Bonchev–Trinajstić information content (AvgIpc) is 3.41. The molecule has 62 heavy (non-hydrogen) atoms. The minimum atomic E-state index is -2.86. The first kappa shape index (κ1) is 45.6. The van der Waals surface area contributed by atoms with Crippen molar-refractivity contribution >= 4 is 47.8 Å². The van der Waals surface area contributed by atoms with E-state index in [0.29, 0.717) is 0 Å². The van der Waals surface area contributed by atoms with E-state index in [1.807, 2.05) is 0 Å². The van der Waals surface area contributed by atoms with Crippen LogP contribution in [0.5, 0.6) is 0 Å². The van der Waals surface area contributed by atoms with Crippen LogP contribution in [0, 0.1) is 17.3 Å². The minimum Gasteiger partial charge on any atom is -0.465 e. The second-order valence-corrected chi connectivity index (χ2v) is 16.4. The Hall–Kier alpha value is -5.95. The summed E-state index contributed by atoms with van der Waals surface area (Å²) in [6.07, 6.45) is -10.6. The first-order valence-electron chi connectivity index (χ1n) is 19.9. The number of aliphatic hydroxyl groups is 1. The van der Waals surface area contributed by atoms with Gasteiger partial charge < -0.3 is 47.7 Å². The Labute approximate surface area is 355 Å². The van der Waals surface area contributed by atoms with E-state index in [4.69, 9.17) is 42.6 Å². The van der Waals surface area contributed by atoms with E-state index < -0.39 is 132 Å². The van der Waals surface area contributed by atoms with Crippen molar-refractivity contribution < 1.29 is 86.1 Å². The van der Waals surface area contributed by atoms with Crippen LogP contribution >= 0.6 is 0 Å². The highest BCUT2D eigenvalue weighted by atomic mass is 16.7. The van der Waals surface area contributed by atoms with Crippen molar-refractivity contribution in [1.29, 1.82) is 0 Å². The fourth-order valence-corrected chi connectivity index (χ4v) is 9.73. The van der Waals surface area contributed by atoms with E-state index >= 15 is 0 Å². The van der Waals surface area contributed by atoms with Crippen LogP contribution in [0.3, 0.4) is 0 Å². The number of benzene rings is 1. The predicted octanol–water partition coefficient (Wildman–Crippen LogP) is 2.16. The van der Waals surface area contributed by atoms with Crippen LogP contribution in [0.25, 0.3) is 0 Å². The molecule has 3 fully saturated rings. The molecule has 19 nitrogen and oxygen atoms in total. The van der Waals surface area contributed by atoms with Crippen LogP contribution in [0.4, 0.5) is 0 Å². The SMILES string of the molecule is CC(=O)OC[C@@]12[C@@H](OC(C)=O)[C@H](OC(C)=O)[C@@H]3[C@H](OC(C)=O)[C@@]14O[C@]3(C)COC(=O)c1cccnc1CC[C@H](C)C(=O)O[C@@H]([C@H](OC(=O)c1ccccc1)[C@@H]2OC(C)=O)[C@]4(C)O. The van der Waals surface area contributed by atoms with Crippen molar-refractivity contribution in [3.05, 3.63) is 65.5 Å². The summed E-state index contributed by atoms with van der Waals surface area (Å²) >= 11 is 0. The lowest BCUT2D eigenvalue weighted by Crippen LogP contribution is -2.89. The summed E-state index contributed by atoms with van der Waals surface area (Å²) in [5.41, 5.74) is -10.1. The maximum atomic E-state index is 14.4. The van der Waals surface area contributed by atoms with E-state index in [1.54, 1.807) is 6.07 Å². The van der Waals surface area contributed by atoms with Gasteiger partial charge in [0.25, 0.3) is 0 Å². The maximum absolute atomic E-state index is 14.4. The average molecular weight is 868 g/mol. The highest BCUT2D eigenvalue weighted by Gasteiger charge is 2.92. The molecule has 1 N–H and O–H groups in total. The molecule has 334 valence electrons. The highest BCUT2D eigenvalue weighted by molar-refractivity contribution is 5.91.